The zero-order valence-corrected chi connectivity index (χ0v) is 25.8. The van der Waals surface area contributed by atoms with E-state index >= 15 is 0 Å². The number of hydrogen-bond acceptors (Lipinski definition) is 1. The first-order valence-electron chi connectivity index (χ1n) is 15.8. The Bertz CT molecular complexity index is 2330. The van der Waals surface area contributed by atoms with Crippen LogP contribution in [-0.2, 0) is 0 Å². The first-order valence-corrected chi connectivity index (χ1v) is 15.8. The Kier molecular flexibility index (Phi) is 6.93. The molecule has 0 N–H and O–H groups in total. The van der Waals surface area contributed by atoms with E-state index < -0.39 is 0 Å². The molecule has 218 valence electrons. The summed E-state index contributed by atoms with van der Waals surface area (Å²) >= 11 is 0. The molecule has 0 fully saturated rings. The van der Waals surface area contributed by atoms with Crippen molar-refractivity contribution in [2.75, 3.05) is 4.90 Å². The molecule has 1 nitrogen and oxygen atoms in total. The van der Waals surface area contributed by atoms with Gasteiger partial charge in [0.1, 0.15) is 0 Å². The molecule has 0 spiro atoms. The molecule has 1 heteroatoms. The minimum absolute atomic E-state index is 0.943. The lowest BCUT2D eigenvalue weighted by Crippen LogP contribution is -2.15. The highest BCUT2D eigenvalue weighted by atomic mass is 15.1. The molecule has 0 atom stereocenters. The minimum atomic E-state index is 0.943. The normalized spacial score (nSPS) is 11.2. The maximum Gasteiger partial charge on any atom is 0.0490 e. The topological polar surface area (TPSA) is 3.24 Å². The van der Waals surface area contributed by atoms with Gasteiger partial charge in [0.25, 0.3) is 0 Å². The first-order chi connectivity index (χ1) is 22.7. The lowest BCUT2D eigenvalue weighted by atomic mass is 9.85. The molecule has 0 saturated heterocycles. The standard InChI is InChI=1S/C45H33N/c1-31-14-6-13-23-43(31)46(32(2)33-15-4-3-5-16-33)38-28-26-35(27-29-38)44-39-19-9-11-21-41(39)45(42-22-12-10-20-40(42)44)37-25-24-34-17-7-8-18-36(34)30-37/h3-30H,2H2,1H3. The molecule has 46 heavy (non-hydrogen) atoms. The molecule has 0 radical (unpaired) electrons. The zero-order chi connectivity index (χ0) is 31.0. The van der Waals surface area contributed by atoms with Gasteiger partial charge in [-0.1, -0.05) is 152 Å². The summed E-state index contributed by atoms with van der Waals surface area (Å²) < 4.78 is 0. The number of para-hydroxylation sites is 1. The van der Waals surface area contributed by atoms with Gasteiger partial charge >= 0.3 is 0 Å². The number of hydrogen-bond donors (Lipinski definition) is 0. The third-order valence-corrected chi connectivity index (χ3v) is 9.12. The van der Waals surface area contributed by atoms with Crippen LogP contribution in [0.2, 0.25) is 0 Å². The predicted octanol–water partition coefficient (Wildman–Crippen LogP) is 12.6. The molecular weight excluding hydrogens is 555 g/mol. The largest absolute Gasteiger partial charge is 0.310 e. The summed E-state index contributed by atoms with van der Waals surface area (Å²) in [5, 5.41) is 7.53. The maximum absolute atomic E-state index is 4.56. The zero-order valence-electron chi connectivity index (χ0n) is 25.8. The molecule has 8 aromatic rings. The highest BCUT2D eigenvalue weighted by molar-refractivity contribution is 6.21. The van der Waals surface area contributed by atoms with Gasteiger partial charge in [-0.2, -0.15) is 0 Å². The summed E-state index contributed by atoms with van der Waals surface area (Å²) in [5.74, 6) is 0. The smallest absolute Gasteiger partial charge is 0.0490 e. The minimum Gasteiger partial charge on any atom is -0.310 e. The van der Waals surface area contributed by atoms with Gasteiger partial charge in [0.05, 0.1) is 0 Å². The van der Waals surface area contributed by atoms with Gasteiger partial charge in [-0.25, -0.2) is 0 Å². The highest BCUT2D eigenvalue weighted by Crippen LogP contribution is 2.45. The van der Waals surface area contributed by atoms with E-state index in [9.17, 15) is 0 Å². The third kappa shape index (κ3) is 4.74. The van der Waals surface area contributed by atoms with Crippen molar-refractivity contribution in [1.29, 1.82) is 0 Å². The van der Waals surface area contributed by atoms with Crippen molar-refractivity contribution in [3.05, 3.63) is 188 Å². The molecule has 0 amide bonds. The maximum atomic E-state index is 4.56. The van der Waals surface area contributed by atoms with Crippen LogP contribution in [0, 0.1) is 6.92 Å². The molecule has 0 aromatic heterocycles. The van der Waals surface area contributed by atoms with Gasteiger partial charge in [0, 0.05) is 17.1 Å². The molecule has 0 bridgehead atoms. The second-order valence-corrected chi connectivity index (χ2v) is 11.9. The number of aryl methyl sites for hydroxylation is 1. The van der Waals surface area contributed by atoms with Crippen molar-refractivity contribution in [1.82, 2.24) is 0 Å². The molecule has 0 aliphatic carbocycles. The number of anilines is 2. The van der Waals surface area contributed by atoms with E-state index in [-0.39, 0.29) is 0 Å². The van der Waals surface area contributed by atoms with E-state index in [0.717, 1.165) is 22.6 Å². The van der Waals surface area contributed by atoms with Gasteiger partial charge in [-0.3, -0.25) is 0 Å². The average molecular weight is 588 g/mol. The van der Waals surface area contributed by atoms with Crippen molar-refractivity contribution in [3.63, 3.8) is 0 Å². The SMILES string of the molecule is C=C(c1ccccc1)N(c1ccc(-c2c3ccccc3c(-c3ccc4ccccc4c3)c3ccccc23)cc1)c1ccccc1C. The van der Waals surface area contributed by atoms with Crippen molar-refractivity contribution >= 4 is 49.4 Å². The van der Waals surface area contributed by atoms with E-state index in [4.69, 9.17) is 0 Å². The van der Waals surface area contributed by atoms with Crippen LogP contribution in [0.4, 0.5) is 11.4 Å². The van der Waals surface area contributed by atoms with Crippen LogP contribution in [-0.4, -0.2) is 0 Å². The van der Waals surface area contributed by atoms with Crippen LogP contribution >= 0.6 is 0 Å². The monoisotopic (exact) mass is 587 g/mol. The van der Waals surface area contributed by atoms with Crippen LogP contribution in [0.15, 0.2) is 176 Å². The first kappa shape index (κ1) is 27.6. The summed E-state index contributed by atoms with van der Waals surface area (Å²) in [4.78, 5) is 2.27. The van der Waals surface area contributed by atoms with E-state index in [1.807, 2.05) is 6.07 Å². The number of fused-ring (bicyclic) bond motifs is 3. The van der Waals surface area contributed by atoms with Gasteiger partial charge in [-0.05, 0) is 96.9 Å². The van der Waals surface area contributed by atoms with Crippen LogP contribution < -0.4 is 4.90 Å². The fourth-order valence-electron chi connectivity index (χ4n) is 6.89. The Hall–Kier alpha value is -5.92. The van der Waals surface area contributed by atoms with Crippen molar-refractivity contribution in [2.24, 2.45) is 0 Å². The molecular formula is C45H33N. The molecule has 8 rings (SSSR count). The quantitative estimate of drug-likeness (QED) is 0.175. The molecule has 0 aliphatic rings. The Balaban J connectivity index is 1.31. The third-order valence-electron chi connectivity index (χ3n) is 9.12. The van der Waals surface area contributed by atoms with Crippen molar-refractivity contribution in [3.8, 4) is 22.3 Å². The highest BCUT2D eigenvalue weighted by Gasteiger charge is 2.19. The van der Waals surface area contributed by atoms with E-state index in [0.29, 0.717) is 0 Å². The molecule has 0 unspecified atom stereocenters. The summed E-state index contributed by atoms with van der Waals surface area (Å²) in [6.45, 7) is 6.72. The second-order valence-electron chi connectivity index (χ2n) is 11.9. The number of nitrogens with zero attached hydrogens (tertiary/aromatic N) is 1. The number of benzene rings is 8. The molecule has 0 saturated carbocycles. The predicted molar refractivity (Wildman–Crippen MR) is 199 cm³/mol. The average Bonchev–Trinajstić information content (AvgIpc) is 3.12. The van der Waals surface area contributed by atoms with Crippen LogP contribution in [0.5, 0.6) is 0 Å². The van der Waals surface area contributed by atoms with Crippen molar-refractivity contribution in [2.45, 2.75) is 6.92 Å². The van der Waals surface area contributed by atoms with Gasteiger partial charge in [-0.15, -0.1) is 0 Å². The van der Waals surface area contributed by atoms with Crippen LogP contribution in [0.1, 0.15) is 11.1 Å². The fourth-order valence-corrected chi connectivity index (χ4v) is 6.89. The fraction of sp³-hybridized carbons (Fsp3) is 0.0222. The Labute approximate surface area is 270 Å². The van der Waals surface area contributed by atoms with Gasteiger partial charge < -0.3 is 4.90 Å². The Morgan fingerprint density at radius 1 is 0.457 bits per heavy atom. The van der Waals surface area contributed by atoms with Gasteiger partial charge in [0.15, 0.2) is 0 Å². The Morgan fingerprint density at radius 3 is 1.59 bits per heavy atom. The van der Waals surface area contributed by atoms with Gasteiger partial charge in [0.2, 0.25) is 0 Å². The van der Waals surface area contributed by atoms with E-state index in [1.165, 1.54) is 60.1 Å². The molecule has 8 aromatic carbocycles. The van der Waals surface area contributed by atoms with E-state index in [1.54, 1.807) is 0 Å². The second kappa shape index (κ2) is 11.5. The van der Waals surface area contributed by atoms with Crippen molar-refractivity contribution < 1.29 is 0 Å². The summed E-state index contributed by atoms with van der Waals surface area (Å²) in [6, 6.07) is 61.1. The van der Waals surface area contributed by atoms with Crippen LogP contribution in [0.3, 0.4) is 0 Å². The molecule has 0 aliphatic heterocycles. The number of rotatable bonds is 6. The lowest BCUT2D eigenvalue weighted by Gasteiger charge is -2.29. The van der Waals surface area contributed by atoms with E-state index in [2.05, 4.69) is 182 Å². The Morgan fingerprint density at radius 2 is 0.957 bits per heavy atom. The summed E-state index contributed by atoms with van der Waals surface area (Å²) in [5.41, 5.74) is 10.4. The van der Waals surface area contributed by atoms with Crippen LogP contribution in [0.25, 0.3) is 60.3 Å². The summed E-state index contributed by atoms with van der Waals surface area (Å²) in [6.07, 6.45) is 0. The summed E-state index contributed by atoms with van der Waals surface area (Å²) in [7, 11) is 0. The lowest BCUT2D eigenvalue weighted by molar-refractivity contribution is 1.26. The molecule has 0 heterocycles.